The lowest BCUT2D eigenvalue weighted by Gasteiger charge is -2.20. The quantitative estimate of drug-likeness (QED) is 0.717. The number of hydrogen-bond acceptors (Lipinski definition) is 6. The van der Waals surface area contributed by atoms with Crippen LogP contribution in [0.1, 0.15) is 30.7 Å². The first-order valence-electron chi connectivity index (χ1n) is 7.45. The lowest BCUT2D eigenvalue weighted by molar-refractivity contribution is 0.112. The van der Waals surface area contributed by atoms with Gasteiger partial charge in [-0.1, -0.05) is 6.92 Å². The molecule has 0 N–H and O–H groups in total. The Hall–Kier alpha value is -2.77. The first-order chi connectivity index (χ1) is 11.1. The maximum Gasteiger partial charge on any atom is 0.204 e. The van der Waals surface area contributed by atoms with Gasteiger partial charge in [-0.15, -0.1) is 10.2 Å². The molecule has 8 nitrogen and oxygen atoms in total. The molecule has 0 amide bonds. The van der Waals surface area contributed by atoms with Crippen molar-refractivity contribution in [2.24, 2.45) is 7.05 Å². The molecule has 0 aliphatic heterocycles. The molecule has 2 aromatic heterocycles. The highest BCUT2D eigenvalue weighted by Crippen LogP contribution is 2.31. The van der Waals surface area contributed by atoms with Gasteiger partial charge in [-0.3, -0.25) is 0 Å². The summed E-state index contributed by atoms with van der Waals surface area (Å²) < 4.78 is 7.88. The van der Waals surface area contributed by atoms with E-state index in [0.29, 0.717) is 5.82 Å². The van der Waals surface area contributed by atoms with Crippen molar-refractivity contribution in [2.75, 3.05) is 0 Å². The zero-order chi connectivity index (χ0) is 16.4. The molecule has 0 bridgehead atoms. The zero-order valence-corrected chi connectivity index (χ0v) is 13.6. The molecule has 8 heteroatoms. The number of benzene rings is 1. The van der Waals surface area contributed by atoms with Crippen molar-refractivity contribution in [3.05, 3.63) is 35.9 Å². The van der Waals surface area contributed by atoms with Crippen molar-refractivity contribution < 1.29 is 4.74 Å². The molecule has 1 unspecified atom stereocenters. The highest BCUT2D eigenvalue weighted by Gasteiger charge is 2.16. The minimum Gasteiger partial charge on any atom is -0.468 e. The normalized spacial score (nSPS) is 12.3. The van der Waals surface area contributed by atoms with Gasteiger partial charge < -0.3 is 4.74 Å². The van der Waals surface area contributed by atoms with Crippen LogP contribution in [0.4, 0.5) is 0 Å². The Morgan fingerprint density at radius 1 is 1.22 bits per heavy atom. The van der Waals surface area contributed by atoms with Gasteiger partial charge in [0.1, 0.15) is 18.4 Å². The SMILES string of the molecule is CCC(Oc1c(C)cc(-c2nnn(C)n2)cc1C)n1cncn1. The number of nitrogens with zero attached hydrogens (tertiary/aromatic N) is 7. The van der Waals surface area contributed by atoms with E-state index in [2.05, 4.69) is 32.4 Å². The summed E-state index contributed by atoms with van der Waals surface area (Å²) >= 11 is 0. The maximum absolute atomic E-state index is 6.16. The molecule has 2 heterocycles. The van der Waals surface area contributed by atoms with Crippen LogP contribution in [0.15, 0.2) is 24.8 Å². The summed E-state index contributed by atoms with van der Waals surface area (Å²) in [6, 6.07) is 4.01. The lowest BCUT2D eigenvalue weighted by atomic mass is 10.1. The van der Waals surface area contributed by atoms with E-state index in [0.717, 1.165) is 28.9 Å². The molecule has 0 radical (unpaired) electrons. The highest BCUT2D eigenvalue weighted by atomic mass is 16.5. The fraction of sp³-hybridized carbons (Fsp3) is 0.400. The Labute approximate surface area is 134 Å². The van der Waals surface area contributed by atoms with E-state index in [4.69, 9.17) is 4.74 Å². The Morgan fingerprint density at radius 2 is 1.96 bits per heavy atom. The summed E-state index contributed by atoms with van der Waals surface area (Å²) in [6.07, 6.45) is 3.77. The predicted molar refractivity (Wildman–Crippen MR) is 83.7 cm³/mol. The van der Waals surface area contributed by atoms with Gasteiger partial charge in [-0.2, -0.15) is 9.90 Å². The number of aromatic nitrogens is 7. The Kier molecular flexibility index (Phi) is 4.05. The van der Waals surface area contributed by atoms with Gasteiger partial charge in [0, 0.05) is 12.0 Å². The van der Waals surface area contributed by atoms with Crippen LogP contribution < -0.4 is 4.74 Å². The Balaban J connectivity index is 1.91. The molecular formula is C15H19N7O. The van der Waals surface area contributed by atoms with Crippen LogP contribution in [0.3, 0.4) is 0 Å². The molecule has 0 saturated heterocycles. The third kappa shape index (κ3) is 3.05. The van der Waals surface area contributed by atoms with Crippen molar-refractivity contribution >= 4 is 0 Å². The van der Waals surface area contributed by atoms with E-state index < -0.39 is 0 Å². The van der Waals surface area contributed by atoms with Crippen molar-refractivity contribution in [3.8, 4) is 17.1 Å². The first-order valence-corrected chi connectivity index (χ1v) is 7.45. The molecule has 0 saturated carbocycles. The molecule has 0 aliphatic carbocycles. The molecular weight excluding hydrogens is 294 g/mol. The van der Waals surface area contributed by atoms with E-state index in [1.165, 1.54) is 11.1 Å². The third-order valence-electron chi connectivity index (χ3n) is 3.56. The standard InChI is InChI=1S/C15H19N7O/c1-5-13(22-9-16-8-17-22)23-14-10(2)6-12(7-11(14)3)15-18-20-21(4)19-15/h6-9,13H,5H2,1-4H3. The fourth-order valence-corrected chi connectivity index (χ4v) is 2.49. The number of rotatable bonds is 5. The summed E-state index contributed by atoms with van der Waals surface area (Å²) in [5.74, 6) is 1.45. The van der Waals surface area contributed by atoms with E-state index in [1.807, 2.05) is 26.0 Å². The van der Waals surface area contributed by atoms with Crippen molar-refractivity contribution in [1.29, 1.82) is 0 Å². The maximum atomic E-state index is 6.16. The molecule has 1 aromatic carbocycles. The fourth-order valence-electron chi connectivity index (χ4n) is 2.49. The van der Waals surface area contributed by atoms with Crippen LogP contribution in [0.2, 0.25) is 0 Å². The largest absolute Gasteiger partial charge is 0.468 e. The molecule has 3 aromatic rings. The predicted octanol–water partition coefficient (Wildman–Crippen LogP) is 2.07. The van der Waals surface area contributed by atoms with Crippen LogP contribution in [0.5, 0.6) is 5.75 Å². The molecule has 0 spiro atoms. The molecule has 0 fully saturated rings. The van der Waals surface area contributed by atoms with E-state index in [9.17, 15) is 0 Å². The van der Waals surface area contributed by atoms with E-state index in [1.54, 1.807) is 18.1 Å². The highest BCUT2D eigenvalue weighted by molar-refractivity contribution is 5.60. The summed E-state index contributed by atoms with van der Waals surface area (Å²) in [7, 11) is 1.75. The topological polar surface area (TPSA) is 83.5 Å². The molecule has 3 rings (SSSR count). The van der Waals surface area contributed by atoms with Crippen molar-refractivity contribution in [2.45, 2.75) is 33.4 Å². The Morgan fingerprint density at radius 3 is 2.48 bits per heavy atom. The Bertz CT molecular complexity index is 771. The summed E-state index contributed by atoms with van der Waals surface area (Å²) in [6.45, 7) is 6.07. The van der Waals surface area contributed by atoms with Gasteiger partial charge in [-0.25, -0.2) is 9.67 Å². The van der Waals surface area contributed by atoms with Gasteiger partial charge in [0.25, 0.3) is 0 Å². The van der Waals surface area contributed by atoms with Crippen LogP contribution in [-0.2, 0) is 7.05 Å². The van der Waals surface area contributed by atoms with Crippen LogP contribution in [-0.4, -0.2) is 35.0 Å². The lowest BCUT2D eigenvalue weighted by Crippen LogP contribution is -2.16. The summed E-state index contributed by atoms with van der Waals surface area (Å²) in [5.41, 5.74) is 2.96. The van der Waals surface area contributed by atoms with Gasteiger partial charge in [0.05, 0.1) is 7.05 Å². The average Bonchev–Trinajstić information content (AvgIpc) is 3.18. The first kappa shape index (κ1) is 15.1. The van der Waals surface area contributed by atoms with Gasteiger partial charge in [0.15, 0.2) is 6.23 Å². The number of hydrogen-bond donors (Lipinski definition) is 0. The number of tetrazole rings is 1. The average molecular weight is 313 g/mol. The minimum atomic E-state index is -0.185. The van der Waals surface area contributed by atoms with Gasteiger partial charge >= 0.3 is 0 Å². The number of aryl methyl sites for hydroxylation is 3. The molecule has 1 atom stereocenters. The second-order valence-corrected chi connectivity index (χ2v) is 5.40. The van der Waals surface area contributed by atoms with E-state index in [-0.39, 0.29) is 6.23 Å². The van der Waals surface area contributed by atoms with Gasteiger partial charge in [0.2, 0.25) is 5.82 Å². The molecule has 120 valence electrons. The minimum absolute atomic E-state index is 0.185. The summed E-state index contributed by atoms with van der Waals surface area (Å²) in [4.78, 5) is 5.43. The van der Waals surface area contributed by atoms with Crippen LogP contribution in [0.25, 0.3) is 11.4 Å². The second-order valence-electron chi connectivity index (χ2n) is 5.40. The summed E-state index contributed by atoms with van der Waals surface area (Å²) in [5, 5.41) is 16.3. The molecule has 23 heavy (non-hydrogen) atoms. The van der Waals surface area contributed by atoms with Crippen LogP contribution in [0, 0.1) is 13.8 Å². The van der Waals surface area contributed by atoms with Gasteiger partial charge in [-0.05, 0) is 42.3 Å². The second kappa shape index (κ2) is 6.15. The monoisotopic (exact) mass is 313 g/mol. The molecule has 0 aliphatic rings. The number of ether oxygens (including phenoxy) is 1. The zero-order valence-electron chi connectivity index (χ0n) is 13.6. The van der Waals surface area contributed by atoms with Crippen molar-refractivity contribution in [1.82, 2.24) is 35.0 Å². The van der Waals surface area contributed by atoms with E-state index >= 15 is 0 Å². The van der Waals surface area contributed by atoms with Crippen molar-refractivity contribution in [3.63, 3.8) is 0 Å². The smallest absolute Gasteiger partial charge is 0.204 e. The van der Waals surface area contributed by atoms with Crippen LogP contribution >= 0.6 is 0 Å². The third-order valence-corrected chi connectivity index (χ3v) is 3.56.